The van der Waals surface area contributed by atoms with Crippen molar-refractivity contribution >= 4 is 5.97 Å². The largest absolute Gasteiger partial charge is 0.457 e. The molecular formula is C55H92O14. The molecule has 0 aromatic carbocycles. The topological polar surface area (TPSA) is 214 Å². The van der Waals surface area contributed by atoms with Crippen molar-refractivity contribution in [3.05, 3.63) is 85.1 Å². The number of aliphatic hydroxyl groups excluding tert-OH is 7. The van der Waals surface area contributed by atoms with Gasteiger partial charge in [-0.1, -0.05) is 150 Å². The van der Waals surface area contributed by atoms with Crippen LogP contribution < -0.4 is 0 Å². The van der Waals surface area contributed by atoms with Gasteiger partial charge < -0.3 is 64.2 Å². The van der Waals surface area contributed by atoms with Gasteiger partial charge in [0.2, 0.25) is 0 Å². The molecule has 0 spiro atoms. The zero-order valence-corrected chi connectivity index (χ0v) is 42.0. The van der Waals surface area contributed by atoms with Gasteiger partial charge in [-0.25, -0.2) is 0 Å². The van der Waals surface area contributed by atoms with Crippen molar-refractivity contribution in [3.8, 4) is 0 Å². The number of esters is 1. The minimum Gasteiger partial charge on any atom is -0.457 e. The lowest BCUT2D eigenvalue weighted by molar-refractivity contribution is -0.332. The summed E-state index contributed by atoms with van der Waals surface area (Å²) in [7, 11) is 0. The van der Waals surface area contributed by atoms with Crippen LogP contribution in [0.3, 0.4) is 0 Å². The van der Waals surface area contributed by atoms with Gasteiger partial charge in [0, 0.05) is 13.0 Å². The third kappa shape index (κ3) is 29.3. The minimum absolute atomic E-state index is 0.0408. The number of carbonyl (C=O) groups excluding carboxylic acids is 1. The number of carbonyl (C=O) groups is 1. The van der Waals surface area contributed by atoms with E-state index in [0.29, 0.717) is 13.0 Å². The molecule has 2 saturated heterocycles. The molecule has 2 aliphatic heterocycles. The highest BCUT2D eigenvalue weighted by molar-refractivity contribution is 5.69. The predicted octanol–water partition coefficient (Wildman–Crippen LogP) is 8.07. The van der Waals surface area contributed by atoms with E-state index in [1.165, 1.54) is 19.3 Å². The monoisotopic (exact) mass is 977 g/mol. The van der Waals surface area contributed by atoms with Gasteiger partial charge in [0.1, 0.15) is 54.9 Å². The van der Waals surface area contributed by atoms with Gasteiger partial charge in [0.25, 0.3) is 0 Å². The van der Waals surface area contributed by atoms with Gasteiger partial charge in [-0.2, -0.15) is 0 Å². The van der Waals surface area contributed by atoms with Crippen LogP contribution >= 0.6 is 0 Å². The lowest BCUT2D eigenvalue weighted by Gasteiger charge is -2.42. The Morgan fingerprint density at radius 2 is 0.942 bits per heavy atom. The summed E-state index contributed by atoms with van der Waals surface area (Å²) in [5.41, 5.74) is 0. The Kier molecular flexibility index (Phi) is 37.7. The molecule has 0 saturated carbocycles. The molecule has 14 nitrogen and oxygen atoms in total. The molecule has 0 aliphatic carbocycles. The molecule has 2 fully saturated rings. The Labute approximate surface area is 414 Å². The summed E-state index contributed by atoms with van der Waals surface area (Å²) in [6, 6.07) is 0. The predicted molar refractivity (Wildman–Crippen MR) is 270 cm³/mol. The second-order valence-electron chi connectivity index (χ2n) is 18.0. The standard InChI is InChI=1S/C55H92O14/c1-3-5-7-9-11-13-15-17-19-20-21-22-23-24-25-26-28-30-32-34-36-38-47(57)67-44(41-64-39-37-35-33-31-29-27-18-16-14-12-10-8-6-4-2)42-65-54-53(63)51(61)49(59)46(69-54)43-66-55-52(62)50(60)48(58)45(40-56)68-55/h5,7-8,10-11,13-14,16-17,19,21-22,24-25,44-46,48-56,58-63H,3-4,6,9,12,15,18,20,23,26-43H2,1-2H3/b7-5-,10-8-,13-11-,16-14-,19-17-,22-21-,25-24-. The Hall–Kier alpha value is -2.83. The maximum atomic E-state index is 13.0. The summed E-state index contributed by atoms with van der Waals surface area (Å²) in [5, 5.41) is 72.2. The van der Waals surface area contributed by atoms with Gasteiger partial charge >= 0.3 is 5.97 Å². The maximum Gasteiger partial charge on any atom is 0.306 e. The molecule has 7 N–H and O–H groups in total. The Morgan fingerprint density at radius 3 is 1.48 bits per heavy atom. The van der Waals surface area contributed by atoms with Crippen molar-refractivity contribution in [2.45, 2.75) is 223 Å². The van der Waals surface area contributed by atoms with Gasteiger partial charge in [-0.05, 0) is 83.5 Å². The van der Waals surface area contributed by atoms with Gasteiger partial charge in [0.15, 0.2) is 12.6 Å². The normalized spacial score (nSPS) is 26.4. The van der Waals surface area contributed by atoms with E-state index in [1.807, 2.05) is 0 Å². The first kappa shape index (κ1) is 62.3. The van der Waals surface area contributed by atoms with Crippen LogP contribution in [0.25, 0.3) is 0 Å². The zero-order chi connectivity index (χ0) is 50.2. The first-order valence-electron chi connectivity index (χ1n) is 26.2. The lowest BCUT2D eigenvalue weighted by atomic mass is 9.98. The molecule has 0 radical (unpaired) electrons. The molecule has 11 atom stereocenters. The maximum absolute atomic E-state index is 13.0. The molecule has 396 valence electrons. The number of unbranched alkanes of at least 4 members (excludes halogenated alkanes) is 12. The van der Waals surface area contributed by atoms with Crippen LogP contribution in [0.15, 0.2) is 85.1 Å². The molecule has 0 bridgehead atoms. The smallest absolute Gasteiger partial charge is 0.306 e. The number of allylic oxidation sites excluding steroid dienone is 14. The lowest BCUT2D eigenvalue weighted by Crippen LogP contribution is -2.61. The van der Waals surface area contributed by atoms with Crippen molar-refractivity contribution in [1.82, 2.24) is 0 Å². The molecule has 2 heterocycles. The highest BCUT2D eigenvalue weighted by atomic mass is 16.7. The fourth-order valence-corrected chi connectivity index (χ4v) is 7.64. The number of rotatable bonds is 40. The minimum atomic E-state index is -1.72. The molecule has 11 unspecified atom stereocenters. The summed E-state index contributed by atoms with van der Waals surface area (Å²) in [6.07, 6.45) is 36.4. The molecule has 69 heavy (non-hydrogen) atoms. The average Bonchev–Trinajstić information content (AvgIpc) is 3.35. The molecule has 14 heteroatoms. The van der Waals surface area contributed by atoms with E-state index < -0.39 is 86.7 Å². The highest BCUT2D eigenvalue weighted by Crippen LogP contribution is 2.26. The number of ether oxygens (including phenoxy) is 6. The Bertz CT molecular complexity index is 1460. The third-order valence-corrected chi connectivity index (χ3v) is 11.9. The third-order valence-electron chi connectivity index (χ3n) is 11.9. The van der Waals surface area contributed by atoms with E-state index in [1.54, 1.807) is 0 Å². The quantitative estimate of drug-likeness (QED) is 0.0176. The van der Waals surface area contributed by atoms with Gasteiger partial charge in [-0.15, -0.1) is 0 Å². The van der Waals surface area contributed by atoms with E-state index in [2.05, 4.69) is 98.9 Å². The van der Waals surface area contributed by atoms with Gasteiger partial charge in [0.05, 0.1) is 26.4 Å². The van der Waals surface area contributed by atoms with Crippen molar-refractivity contribution < 1.29 is 69.0 Å². The van der Waals surface area contributed by atoms with Crippen molar-refractivity contribution in [2.24, 2.45) is 0 Å². The second kappa shape index (κ2) is 41.8. The fourth-order valence-electron chi connectivity index (χ4n) is 7.64. The van der Waals surface area contributed by atoms with Crippen molar-refractivity contribution in [3.63, 3.8) is 0 Å². The van der Waals surface area contributed by atoms with Crippen LogP contribution in [-0.4, -0.2) is 142 Å². The highest BCUT2D eigenvalue weighted by Gasteiger charge is 2.47. The second-order valence-corrected chi connectivity index (χ2v) is 18.0. The SMILES string of the molecule is CC/C=C\C/C=C\C/C=C\C/C=C\C/C=C\CCCCCCCC(=O)OC(COCCCCCCCC/C=C\C/C=C\CCC)COC1OC(COC2OC(CO)C(O)C(O)C2O)C(O)C(O)C1O. The van der Waals surface area contributed by atoms with Crippen molar-refractivity contribution in [1.29, 1.82) is 0 Å². The van der Waals surface area contributed by atoms with E-state index in [-0.39, 0.29) is 19.6 Å². The Morgan fingerprint density at radius 1 is 0.493 bits per heavy atom. The van der Waals surface area contributed by atoms with Crippen LogP contribution in [0.4, 0.5) is 0 Å². The van der Waals surface area contributed by atoms with Gasteiger partial charge in [-0.3, -0.25) is 4.79 Å². The summed E-state index contributed by atoms with van der Waals surface area (Å²) >= 11 is 0. The number of hydrogen-bond donors (Lipinski definition) is 7. The molecule has 0 aromatic rings. The van der Waals surface area contributed by atoms with Crippen LogP contribution in [0.5, 0.6) is 0 Å². The first-order chi connectivity index (χ1) is 33.6. The van der Waals surface area contributed by atoms with Crippen LogP contribution in [-0.2, 0) is 33.2 Å². The summed E-state index contributed by atoms with van der Waals surface area (Å²) in [6.45, 7) is 3.43. The van der Waals surface area contributed by atoms with Crippen LogP contribution in [0.1, 0.15) is 155 Å². The van der Waals surface area contributed by atoms with E-state index in [0.717, 1.165) is 109 Å². The molecular weight excluding hydrogens is 885 g/mol. The summed E-state index contributed by atoms with van der Waals surface area (Å²) in [5.74, 6) is -0.403. The zero-order valence-electron chi connectivity index (χ0n) is 42.0. The summed E-state index contributed by atoms with van der Waals surface area (Å²) < 4.78 is 34.2. The number of hydrogen-bond acceptors (Lipinski definition) is 14. The van der Waals surface area contributed by atoms with E-state index >= 15 is 0 Å². The van der Waals surface area contributed by atoms with E-state index in [4.69, 9.17) is 28.4 Å². The first-order valence-corrected chi connectivity index (χ1v) is 26.2. The summed E-state index contributed by atoms with van der Waals surface area (Å²) in [4.78, 5) is 13.0. The number of aliphatic hydroxyl groups is 7. The Balaban J connectivity index is 1.77. The molecule has 2 aliphatic rings. The van der Waals surface area contributed by atoms with Crippen molar-refractivity contribution in [2.75, 3.05) is 33.0 Å². The van der Waals surface area contributed by atoms with Crippen LogP contribution in [0.2, 0.25) is 0 Å². The van der Waals surface area contributed by atoms with Crippen LogP contribution in [0, 0.1) is 0 Å². The molecule has 2 rings (SSSR count). The average molecular weight is 977 g/mol. The molecule has 0 amide bonds. The van der Waals surface area contributed by atoms with E-state index in [9.17, 15) is 40.5 Å². The molecule has 0 aromatic heterocycles. The fraction of sp³-hybridized carbons (Fsp3) is 0.727.